The molecule has 1 aromatic heterocycles. The van der Waals surface area contributed by atoms with E-state index in [4.69, 9.17) is 21.6 Å². The van der Waals surface area contributed by atoms with E-state index in [1.807, 2.05) is 66.6 Å². The van der Waals surface area contributed by atoms with Crippen molar-refractivity contribution in [3.63, 3.8) is 0 Å². The van der Waals surface area contributed by atoms with Gasteiger partial charge >= 0.3 is 0 Å². The number of nitriles is 1. The highest BCUT2D eigenvalue weighted by Gasteiger charge is 2.01. The van der Waals surface area contributed by atoms with Gasteiger partial charge in [-0.2, -0.15) is 5.26 Å². The maximum Gasteiger partial charge on any atom is 0.209 e. The summed E-state index contributed by atoms with van der Waals surface area (Å²) in [6.45, 7) is 1.36. The van der Waals surface area contributed by atoms with E-state index in [2.05, 4.69) is 15.6 Å². The van der Waals surface area contributed by atoms with Gasteiger partial charge in [0, 0.05) is 23.7 Å². The zero-order valence-electron chi connectivity index (χ0n) is 15.5. The van der Waals surface area contributed by atoms with Crippen LogP contribution in [0.15, 0.2) is 53.8 Å². The molecular weight excluding hydrogens is 362 g/mol. The molecule has 2 rings (SSSR count). The van der Waals surface area contributed by atoms with Crippen molar-refractivity contribution in [3.8, 4) is 11.9 Å². The lowest BCUT2D eigenvalue weighted by molar-refractivity contribution is -0.671. The monoisotopic (exact) mass is 386 g/mol. The number of halogens is 1. The smallest absolute Gasteiger partial charge is 0.209 e. The van der Waals surface area contributed by atoms with Gasteiger partial charge in [0.15, 0.2) is 18.6 Å². The molecule has 0 spiro atoms. The van der Waals surface area contributed by atoms with Crippen molar-refractivity contribution in [2.24, 2.45) is 12.0 Å². The molecule has 1 heterocycles. The topological polar surface area (TPSA) is 73.3 Å². The number of ether oxygens (including phenoxy) is 1. The normalized spacial score (nSPS) is 10.9. The summed E-state index contributed by atoms with van der Waals surface area (Å²) in [4.78, 5) is 4.43. The number of pyridine rings is 1. The highest BCUT2D eigenvalue weighted by atomic mass is 35.5. The molecule has 2 aromatic rings. The third-order valence-electron chi connectivity index (χ3n) is 3.82. The van der Waals surface area contributed by atoms with Crippen LogP contribution < -0.4 is 19.9 Å². The van der Waals surface area contributed by atoms with Gasteiger partial charge < -0.3 is 10.1 Å². The Kier molecular flexibility index (Phi) is 8.94. The van der Waals surface area contributed by atoms with Gasteiger partial charge in [-0.15, -0.1) is 0 Å². The number of aromatic nitrogens is 1. The minimum absolute atomic E-state index is 0.470. The highest BCUT2D eigenvalue weighted by molar-refractivity contribution is 6.30. The Balaban J connectivity index is 1.61. The van der Waals surface area contributed by atoms with Crippen LogP contribution in [-0.2, 0) is 7.05 Å². The number of anilines is 1. The third-order valence-corrected chi connectivity index (χ3v) is 4.07. The van der Waals surface area contributed by atoms with Gasteiger partial charge in [-0.1, -0.05) is 18.0 Å². The zero-order valence-corrected chi connectivity index (χ0v) is 16.2. The number of aryl methyl sites for hydroxylation is 1. The minimum Gasteiger partial charge on any atom is -0.494 e. The average Bonchev–Trinajstić information content (AvgIpc) is 2.67. The van der Waals surface area contributed by atoms with E-state index in [1.165, 1.54) is 0 Å². The summed E-state index contributed by atoms with van der Waals surface area (Å²) in [7, 11) is 1.95. The summed E-state index contributed by atoms with van der Waals surface area (Å²) in [6, 6.07) is 11.3. The van der Waals surface area contributed by atoms with Gasteiger partial charge in [0.1, 0.15) is 12.8 Å². The number of rotatable bonds is 9. The lowest BCUT2D eigenvalue weighted by Gasteiger charge is -2.07. The molecule has 0 saturated carbocycles. The standard InChI is InChI=1S/C20H24ClN5O/c1-26-13-10-18(11-14-26)25-20(24-16-22)23-12-4-2-3-5-15-27-19-8-6-17(21)7-9-19/h6-11,13-14H,2-5,12,15H2,1H3,(H,23,24)/p+1. The molecule has 0 aliphatic rings. The number of unbranched alkanes of at least 4 members (excludes halogenated alkanes) is 3. The molecule has 27 heavy (non-hydrogen) atoms. The van der Waals surface area contributed by atoms with Crippen LogP contribution in [0.4, 0.5) is 5.69 Å². The van der Waals surface area contributed by atoms with Crippen LogP contribution >= 0.6 is 11.6 Å². The number of nitrogens with zero attached hydrogens (tertiary/aromatic N) is 3. The Morgan fingerprint density at radius 1 is 1.11 bits per heavy atom. The summed E-state index contributed by atoms with van der Waals surface area (Å²) in [6.07, 6.45) is 9.87. The molecule has 142 valence electrons. The lowest BCUT2D eigenvalue weighted by atomic mass is 10.2. The first-order valence-electron chi connectivity index (χ1n) is 8.97. The molecule has 0 fully saturated rings. The van der Waals surface area contributed by atoms with Gasteiger partial charge in [-0.25, -0.2) is 4.57 Å². The van der Waals surface area contributed by atoms with Crippen LogP contribution in [0.1, 0.15) is 25.7 Å². The number of benzene rings is 1. The molecule has 0 saturated heterocycles. The van der Waals surface area contributed by atoms with Crippen LogP contribution in [-0.4, -0.2) is 19.1 Å². The van der Waals surface area contributed by atoms with Crippen molar-refractivity contribution in [2.45, 2.75) is 25.7 Å². The van der Waals surface area contributed by atoms with Crippen LogP contribution in [0.3, 0.4) is 0 Å². The summed E-state index contributed by atoms with van der Waals surface area (Å²) >= 11 is 5.84. The maximum absolute atomic E-state index is 8.86. The Hall–Kier alpha value is -2.78. The van der Waals surface area contributed by atoms with Crippen molar-refractivity contribution in [1.29, 1.82) is 5.26 Å². The Labute approximate surface area is 165 Å². The van der Waals surface area contributed by atoms with E-state index in [0.29, 0.717) is 24.1 Å². The average molecular weight is 387 g/mol. The van der Waals surface area contributed by atoms with Crippen LogP contribution in [0.2, 0.25) is 5.02 Å². The summed E-state index contributed by atoms with van der Waals surface area (Å²) in [5, 5.41) is 15.3. The summed E-state index contributed by atoms with van der Waals surface area (Å²) in [5.74, 6) is 1.31. The maximum atomic E-state index is 8.86. The first kappa shape index (κ1) is 20.5. The number of hydrogen-bond acceptors (Lipinski definition) is 3. The van der Waals surface area contributed by atoms with Gasteiger partial charge in [-0.05, 0) is 43.5 Å². The second-order valence-electron chi connectivity index (χ2n) is 6.06. The Morgan fingerprint density at radius 3 is 2.52 bits per heavy atom. The van der Waals surface area contributed by atoms with Crippen LogP contribution in [0, 0.1) is 11.5 Å². The molecule has 0 aliphatic carbocycles. The number of nitrogens with one attached hydrogen (secondary N) is 2. The second kappa shape index (κ2) is 11.8. The van der Waals surface area contributed by atoms with E-state index in [0.717, 1.165) is 37.1 Å². The van der Waals surface area contributed by atoms with Crippen molar-refractivity contribution in [3.05, 3.63) is 53.8 Å². The van der Waals surface area contributed by atoms with Gasteiger partial charge in [0.25, 0.3) is 0 Å². The number of hydrogen-bond donors (Lipinski definition) is 2. The molecule has 0 bridgehead atoms. The van der Waals surface area contributed by atoms with Crippen molar-refractivity contribution < 1.29 is 9.30 Å². The fourth-order valence-electron chi connectivity index (χ4n) is 2.36. The largest absolute Gasteiger partial charge is 0.494 e. The molecular formula is C20H25ClN5O+. The fraction of sp³-hybridized carbons (Fsp3) is 0.350. The SMILES string of the molecule is C[n+]1ccc(NC(=NCCCCCCOc2ccc(Cl)cc2)NC#N)cc1. The second-order valence-corrected chi connectivity index (χ2v) is 6.50. The van der Waals surface area contributed by atoms with E-state index in [1.54, 1.807) is 0 Å². The van der Waals surface area contributed by atoms with E-state index < -0.39 is 0 Å². The molecule has 1 aromatic carbocycles. The predicted octanol–water partition coefficient (Wildman–Crippen LogP) is 3.64. The van der Waals surface area contributed by atoms with E-state index >= 15 is 0 Å². The van der Waals surface area contributed by atoms with Crippen molar-refractivity contribution in [2.75, 3.05) is 18.5 Å². The molecule has 6 nitrogen and oxygen atoms in total. The molecule has 7 heteroatoms. The number of aliphatic imine (C=N–C) groups is 1. The van der Waals surface area contributed by atoms with E-state index in [-0.39, 0.29) is 0 Å². The predicted molar refractivity (Wildman–Crippen MR) is 108 cm³/mol. The van der Waals surface area contributed by atoms with Gasteiger partial charge in [0.05, 0.1) is 12.3 Å². The first-order chi connectivity index (χ1) is 13.2. The molecule has 0 radical (unpaired) electrons. The van der Waals surface area contributed by atoms with Crippen LogP contribution in [0.5, 0.6) is 5.75 Å². The first-order valence-corrected chi connectivity index (χ1v) is 9.35. The zero-order chi connectivity index (χ0) is 19.3. The van der Waals surface area contributed by atoms with Gasteiger partial charge in [-0.3, -0.25) is 10.3 Å². The Morgan fingerprint density at radius 2 is 1.81 bits per heavy atom. The third kappa shape index (κ3) is 8.43. The number of guanidine groups is 1. The van der Waals surface area contributed by atoms with Crippen LogP contribution in [0.25, 0.3) is 0 Å². The fourth-order valence-corrected chi connectivity index (χ4v) is 2.49. The quantitative estimate of drug-likeness (QED) is 0.172. The molecule has 0 unspecified atom stereocenters. The summed E-state index contributed by atoms with van der Waals surface area (Å²) < 4.78 is 7.61. The minimum atomic E-state index is 0.470. The Bertz CT molecular complexity index is 753. The molecule has 0 atom stereocenters. The molecule has 0 amide bonds. The summed E-state index contributed by atoms with van der Waals surface area (Å²) in [5.41, 5.74) is 0.883. The highest BCUT2D eigenvalue weighted by Crippen LogP contribution is 2.16. The van der Waals surface area contributed by atoms with E-state index in [9.17, 15) is 0 Å². The lowest BCUT2D eigenvalue weighted by Crippen LogP contribution is -2.29. The molecule has 2 N–H and O–H groups in total. The van der Waals surface area contributed by atoms with Gasteiger partial charge in [0.2, 0.25) is 5.96 Å². The van der Waals surface area contributed by atoms with Crippen molar-refractivity contribution in [1.82, 2.24) is 5.32 Å². The van der Waals surface area contributed by atoms with Crippen molar-refractivity contribution >= 4 is 23.2 Å². The molecule has 0 aliphatic heterocycles.